The van der Waals surface area contributed by atoms with Gasteiger partial charge in [-0.1, -0.05) is 15.9 Å². The minimum atomic E-state index is 0.808. The van der Waals surface area contributed by atoms with E-state index < -0.39 is 0 Å². The van der Waals surface area contributed by atoms with Crippen LogP contribution >= 0.6 is 15.9 Å². The smallest absolute Gasteiger partial charge is 0.0643 e. The zero-order valence-electron chi connectivity index (χ0n) is 10.3. The van der Waals surface area contributed by atoms with E-state index in [1.165, 1.54) is 11.1 Å². The number of aryl methyl sites for hydroxylation is 3. The number of rotatable bonds is 3. The second-order valence-corrected chi connectivity index (χ2v) is 5.14. The second kappa shape index (κ2) is 4.92. The van der Waals surface area contributed by atoms with Crippen molar-refractivity contribution in [2.45, 2.75) is 20.4 Å². The Bertz CT molecular complexity index is 531. The molecule has 1 N–H and O–H groups in total. The zero-order chi connectivity index (χ0) is 12.4. The molecular formula is C13H16BrN3. The van der Waals surface area contributed by atoms with Crippen LogP contribution in [-0.2, 0) is 13.6 Å². The second-order valence-electron chi connectivity index (χ2n) is 4.23. The van der Waals surface area contributed by atoms with Crippen LogP contribution in [0.4, 0.5) is 5.69 Å². The highest BCUT2D eigenvalue weighted by molar-refractivity contribution is 9.10. The molecule has 0 radical (unpaired) electrons. The van der Waals surface area contributed by atoms with Crippen LogP contribution in [0, 0.1) is 13.8 Å². The molecule has 1 aromatic carbocycles. The SMILES string of the molecule is Cc1cc(Br)ccc1NCc1cn(C)nc1C. The average Bonchev–Trinajstić information content (AvgIpc) is 2.56. The molecular weight excluding hydrogens is 278 g/mol. The van der Waals surface area contributed by atoms with Crippen LogP contribution in [-0.4, -0.2) is 9.78 Å². The third kappa shape index (κ3) is 2.88. The minimum absolute atomic E-state index is 0.808. The van der Waals surface area contributed by atoms with Crippen molar-refractivity contribution in [2.24, 2.45) is 7.05 Å². The highest BCUT2D eigenvalue weighted by Crippen LogP contribution is 2.20. The third-order valence-electron chi connectivity index (χ3n) is 2.77. The number of hydrogen-bond donors (Lipinski definition) is 1. The van der Waals surface area contributed by atoms with Gasteiger partial charge in [0, 0.05) is 35.5 Å². The summed E-state index contributed by atoms with van der Waals surface area (Å²) < 4.78 is 2.96. The van der Waals surface area contributed by atoms with Crippen molar-refractivity contribution in [3.8, 4) is 0 Å². The van der Waals surface area contributed by atoms with Gasteiger partial charge >= 0.3 is 0 Å². The molecule has 0 aliphatic rings. The molecule has 0 fully saturated rings. The molecule has 0 saturated carbocycles. The number of halogens is 1. The van der Waals surface area contributed by atoms with Crippen LogP contribution in [0.25, 0.3) is 0 Å². The molecule has 1 aromatic heterocycles. The lowest BCUT2D eigenvalue weighted by Gasteiger charge is -2.09. The molecule has 17 heavy (non-hydrogen) atoms. The van der Waals surface area contributed by atoms with Crippen LogP contribution in [0.15, 0.2) is 28.9 Å². The molecule has 3 nitrogen and oxygen atoms in total. The van der Waals surface area contributed by atoms with E-state index in [-0.39, 0.29) is 0 Å². The molecule has 0 aliphatic carbocycles. The maximum Gasteiger partial charge on any atom is 0.0643 e. The van der Waals surface area contributed by atoms with E-state index in [4.69, 9.17) is 0 Å². The van der Waals surface area contributed by atoms with Crippen molar-refractivity contribution in [2.75, 3.05) is 5.32 Å². The zero-order valence-corrected chi connectivity index (χ0v) is 11.9. The predicted molar refractivity (Wildman–Crippen MR) is 74.2 cm³/mol. The van der Waals surface area contributed by atoms with E-state index >= 15 is 0 Å². The van der Waals surface area contributed by atoms with Crippen LogP contribution in [0.5, 0.6) is 0 Å². The molecule has 2 rings (SSSR count). The van der Waals surface area contributed by atoms with Gasteiger partial charge < -0.3 is 5.32 Å². The van der Waals surface area contributed by atoms with E-state index in [9.17, 15) is 0 Å². The third-order valence-corrected chi connectivity index (χ3v) is 3.27. The van der Waals surface area contributed by atoms with Gasteiger partial charge in [0.05, 0.1) is 5.69 Å². The first kappa shape index (κ1) is 12.2. The number of nitrogens with zero attached hydrogens (tertiary/aromatic N) is 2. The lowest BCUT2D eigenvalue weighted by atomic mass is 10.2. The maximum absolute atomic E-state index is 4.33. The summed E-state index contributed by atoms with van der Waals surface area (Å²) in [4.78, 5) is 0. The highest BCUT2D eigenvalue weighted by atomic mass is 79.9. The normalized spacial score (nSPS) is 10.6. The topological polar surface area (TPSA) is 29.9 Å². The molecule has 1 heterocycles. The van der Waals surface area contributed by atoms with Gasteiger partial charge in [0.1, 0.15) is 0 Å². The quantitative estimate of drug-likeness (QED) is 0.940. The average molecular weight is 294 g/mol. The van der Waals surface area contributed by atoms with Gasteiger partial charge in [-0.25, -0.2) is 0 Å². The van der Waals surface area contributed by atoms with Crippen molar-refractivity contribution >= 4 is 21.6 Å². The largest absolute Gasteiger partial charge is 0.381 e. The van der Waals surface area contributed by atoms with E-state index in [1.807, 2.05) is 24.7 Å². The maximum atomic E-state index is 4.33. The molecule has 0 spiro atoms. The summed E-state index contributed by atoms with van der Waals surface area (Å²) in [6.07, 6.45) is 2.05. The Hall–Kier alpha value is -1.29. The fourth-order valence-corrected chi connectivity index (χ4v) is 2.31. The van der Waals surface area contributed by atoms with Gasteiger partial charge in [-0.05, 0) is 37.6 Å². The molecule has 0 bridgehead atoms. The summed E-state index contributed by atoms with van der Waals surface area (Å²) in [7, 11) is 1.95. The molecule has 4 heteroatoms. The van der Waals surface area contributed by atoms with Crippen LogP contribution in [0.2, 0.25) is 0 Å². The van der Waals surface area contributed by atoms with Crippen molar-refractivity contribution in [1.29, 1.82) is 0 Å². The van der Waals surface area contributed by atoms with Gasteiger partial charge in [-0.15, -0.1) is 0 Å². The summed E-state index contributed by atoms with van der Waals surface area (Å²) in [6.45, 7) is 4.94. The molecule has 0 unspecified atom stereocenters. The Labute approximate surface area is 110 Å². The van der Waals surface area contributed by atoms with Crippen LogP contribution < -0.4 is 5.32 Å². The van der Waals surface area contributed by atoms with E-state index in [2.05, 4.69) is 51.6 Å². The van der Waals surface area contributed by atoms with Crippen molar-refractivity contribution in [3.63, 3.8) is 0 Å². The highest BCUT2D eigenvalue weighted by Gasteiger charge is 2.04. The Morgan fingerprint density at radius 2 is 2.12 bits per heavy atom. The monoisotopic (exact) mass is 293 g/mol. The molecule has 90 valence electrons. The fraction of sp³-hybridized carbons (Fsp3) is 0.308. The van der Waals surface area contributed by atoms with E-state index in [0.29, 0.717) is 0 Å². The van der Waals surface area contributed by atoms with Crippen LogP contribution in [0.3, 0.4) is 0 Å². The predicted octanol–water partition coefficient (Wildman–Crippen LogP) is 3.41. The van der Waals surface area contributed by atoms with Crippen LogP contribution in [0.1, 0.15) is 16.8 Å². The summed E-state index contributed by atoms with van der Waals surface area (Å²) in [5.74, 6) is 0. The Morgan fingerprint density at radius 3 is 2.71 bits per heavy atom. The number of anilines is 1. The molecule has 2 aromatic rings. The fourth-order valence-electron chi connectivity index (χ4n) is 1.84. The lowest BCUT2D eigenvalue weighted by Crippen LogP contribution is -2.01. The number of aromatic nitrogens is 2. The van der Waals surface area contributed by atoms with Crippen molar-refractivity contribution < 1.29 is 0 Å². The van der Waals surface area contributed by atoms with Gasteiger partial charge in [-0.2, -0.15) is 5.10 Å². The van der Waals surface area contributed by atoms with Gasteiger partial charge in [0.2, 0.25) is 0 Å². The van der Waals surface area contributed by atoms with Gasteiger partial charge in [0.25, 0.3) is 0 Å². The van der Waals surface area contributed by atoms with Gasteiger partial charge in [0.15, 0.2) is 0 Å². The Morgan fingerprint density at radius 1 is 1.35 bits per heavy atom. The summed E-state index contributed by atoms with van der Waals surface area (Å²) in [5.41, 5.74) is 4.71. The Balaban J connectivity index is 2.10. The summed E-state index contributed by atoms with van der Waals surface area (Å²) in [5, 5.41) is 7.77. The standard InChI is InChI=1S/C13H16BrN3/c1-9-6-12(14)4-5-13(9)15-7-11-8-17(3)16-10(11)2/h4-6,8,15H,7H2,1-3H3. The number of hydrogen-bond acceptors (Lipinski definition) is 2. The molecule has 0 amide bonds. The first-order chi connectivity index (χ1) is 8.06. The lowest BCUT2D eigenvalue weighted by molar-refractivity contribution is 0.756. The summed E-state index contributed by atoms with van der Waals surface area (Å²) >= 11 is 3.47. The number of benzene rings is 1. The first-order valence-corrected chi connectivity index (χ1v) is 6.34. The molecule has 0 aliphatic heterocycles. The number of nitrogens with one attached hydrogen (secondary N) is 1. The summed E-state index contributed by atoms with van der Waals surface area (Å²) in [6, 6.07) is 6.25. The minimum Gasteiger partial charge on any atom is -0.381 e. The molecule has 0 saturated heterocycles. The first-order valence-electron chi connectivity index (χ1n) is 5.55. The Kier molecular flexibility index (Phi) is 3.52. The van der Waals surface area contributed by atoms with E-state index in [1.54, 1.807) is 0 Å². The van der Waals surface area contributed by atoms with E-state index in [0.717, 1.165) is 22.4 Å². The van der Waals surface area contributed by atoms with Crippen molar-refractivity contribution in [1.82, 2.24) is 9.78 Å². The van der Waals surface area contributed by atoms with Gasteiger partial charge in [-0.3, -0.25) is 4.68 Å². The van der Waals surface area contributed by atoms with Crippen molar-refractivity contribution in [3.05, 3.63) is 45.7 Å². The molecule has 0 atom stereocenters.